The predicted octanol–water partition coefficient (Wildman–Crippen LogP) is 3.45. The van der Waals surface area contributed by atoms with Gasteiger partial charge in [-0.25, -0.2) is 0 Å². The summed E-state index contributed by atoms with van der Waals surface area (Å²) < 4.78 is 12.1. The van der Waals surface area contributed by atoms with E-state index in [0.717, 1.165) is 10.9 Å². The van der Waals surface area contributed by atoms with Crippen LogP contribution >= 0.6 is 0 Å². The van der Waals surface area contributed by atoms with Crippen molar-refractivity contribution in [2.24, 2.45) is 0 Å². The third-order valence-corrected chi connectivity index (χ3v) is 4.25. The lowest BCUT2D eigenvalue weighted by atomic mass is 10.2. The SMILES string of the molecule is COc1ccccc1Oc1cc(NC(=O)Cn2ncc([N+](=O)[O-])c2C)cc([N+](=O)[O-])c1. The molecule has 0 bridgehead atoms. The number of rotatable bonds is 8. The predicted molar refractivity (Wildman–Crippen MR) is 108 cm³/mol. The van der Waals surface area contributed by atoms with Crippen LogP contribution in [0.15, 0.2) is 48.7 Å². The number of hydrogen-bond acceptors (Lipinski definition) is 8. The van der Waals surface area contributed by atoms with Crippen LogP contribution in [-0.4, -0.2) is 32.6 Å². The summed E-state index contributed by atoms with van der Waals surface area (Å²) in [5.41, 5.74) is -0.188. The molecule has 0 atom stereocenters. The number of para-hydroxylation sites is 2. The van der Waals surface area contributed by atoms with E-state index < -0.39 is 15.8 Å². The van der Waals surface area contributed by atoms with E-state index in [1.807, 2.05) is 0 Å². The Hall–Kier alpha value is -4.48. The Kier molecular flexibility index (Phi) is 6.10. The molecule has 0 unspecified atom stereocenters. The van der Waals surface area contributed by atoms with E-state index in [0.29, 0.717) is 11.5 Å². The number of carbonyl (C=O) groups is 1. The number of benzene rings is 2. The smallest absolute Gasteiger partial charge is 0.309 e. The molecule has 12 nitrogen and oxygen atoms in total. The van der Waals surface area contributed by atoms with Crippen molar-refractivity contribution >= 4 is 23.0 Å². The first-order valence-electron chi connectivity index (χ1n) is 8.85. The average Bonchev–Trinajstić information content (AvgIpc) is 3.08. The minimum absolute atomic E-state index is 0.111. The quantitative estimate of drug-likeness (QED) is 0.424. The molecule has 0 aliphatic heterocycles. The second-order valence-electron chi connectivity index (χ2n) is 6.30. The number of nitrogens with one attached hydrogen (secondary N) is 1. The third kappa shape index (κ3) is 4.93. The summed E-state index contributed by atoms with van der Waals surface area (Å²) in [6.45, 7) is 1.15. The zero-order valence-corrected chi connectivity index (χ0v) is 16.5. The molecule has 1 amide bonds. The maximum Gasteiger partial charge on any atom is 0.309 e. The van der Waals surface area contributed by atoms with E-state index in [-0.39, 0.29) is 35.1 Å². The number of carbonyl (C=O) groups excluding carboxylic acids is 1. The number of nitro benzene ring substituents is 1. The van der Waals surface area contributed by atoms with E-state index in [9.17, 15) is 25.0 Å². The zero-order chi connectivity index (χ0) is 22.5. The molecule has 160 valence electrons. The normalized spacial score (nSPS) is 10.4. The summed E-state index contributed by atoms with van der Waals surface area (Å²) in [5.74, 6) is 0.294. The fourth-order valence-electron chi connectivity index (χ4n) is 2.76. The first-order valence-corrected chi connectivity index (χ1v) is 8.85. The Morgan fingerprint density at radius 1 is 1.13 bits per heavy atom. The Bertz CT molecular complexity index is 1160. The zero-order valence-electron chi connectivity index (χ0n) is 16.5. The van der Waals surface area contributed by atoms with E-state index in [1.165, 1.54) is 32.2 Å². The van der Waals surface area contributed by atoms with Gasteiger partial charge in [-0.3, -0.25) is 29.7 Å². The number of nitrogens with zero attached hydrogens (tertiary/aromatic N) is 4. The van der Waals surface area contributed by atoms with Crippen LogP contribution in [0.1, 0.15) is 5.69 Å². The molecule has 1 N–H and O–H groups in total. The fourth-order valence-corrected chi connectivity index (χ4v) is 2.76. The van der Waals surface area contributed by atoms with E-state index in [1.54, 1.807) is 24.3 Å². The second-order valence-corrected chi connectivity index (χ2v) is 6.30. The Labute approximate surface area is 175 Å². The highest BCUT2D eigenvalue weighted by molar-refractivity contribution is 5.91. The highest BCUT2D eigenvalue weighted by Crippen LogP contribution is 2.34. The van der Waals surface area contributed by atoms with E-state index >= 15 is 0 Å². The molecule has 12 heteroatoms. The number of amides is 1. The number of hydrogen-bond donors (Lipinski definition) is 1. The van der Waals surface area contributed by atoms with Gasteiger partial charge < -0.3 is 14.8 Å². The van der Waals surface area contributed by atoms with Crippen LogP contribution in [0.4, 0.5) is 17.1 Å². The molecule has 0 saturated carbocycles. The molecule has 0 saturated heterocycles. The van der Waals surface area contributed by atoms with Crippen molar-refractivity contribution in [1.82, 2.24) is 9.78 Å². The number of methoxy groups -OCH3 is 1. The molecule has 1 aromatic heterocycles. The van der Waals surface area contributed by atoms with Crippen LogP contribution in [0.25, 0.3) is 0 Å². The average molecular weight is 427 g/mol. The van der Waals surface area contributed by atoms with Crippen LogP contribution < -0.4 is 14.8 Å². The third-order valence-electron chi connectivity index (χ3n) is 4.25. The lowest BCUT2D eigenvalue weighted by Gasteiger charge is -2.12. The number of anilines is 1. The van der Waals surface area contributed by atoms with Crippen molar-refractivity contribution < 1.29 is 24.1 Å². The van der Waals surface area contributed by atoms with E-state index in [2.05, 4.69) is 10.4 Å². The molecule has 0 spiro atoms. The topological polar surface area (TPSA) is 152 Å². The van der Waals surface area contributed by atoms with E-state index in [4.69, 9.17) is 9.47 Å². The van der Waals surface area contributed by atoms with Gasteiger partial charge in [0.2, 0.25) is 5.91 Å². The Balaban J connectivity index is 1.83. The molecule has 0 fully saturated rings. The number of aromatic nitrogens is 2. The second kappa shape index (κ2) is 8.90. The molecular formula is C19H17N5O7. The van der Waals surface area contributed by atoms with Gasteiger partial charge in [0.25, 0.3) is 5.69 Å². The summed E-state index contributed by atoms with van der Waals surface area (Å²) in [4.78, 5) is 33.4. The lowest BCUT2D eigenvalue weighted by molar-refractivity contribution is -0.385. The summed E-state index contributed by atoms with van der Waals surface area (Å²) in [5, 5.41) is 28.6. The summed E-state index contributed by atoms with van der Waals surface area (Å²) in [7, 11) is 1.46. The van der Waals surface area contributed by atoms with Crippen LogP contribution in [-0.2, 0) is 11.3 Å². The van der Waals surface area contributed by atoms with Crippen molar-refractivity contribution in [3.8, 4) is 17.2 Å². The summed E-state index contributed by atoms with van der Waals surface area (Å²) in [6, 6.07) is 10.5. The lowest BCUT2D eigenvalue weighted by Crippen LogP contribution is -2.20. The number of nitro groups is 2. The first-order chi connectivity index (χ1) is 14.8. The van der Waals surface area contributed by atoms with Crippen molar-refractivity contribution in [2.45, 2.75) is 13.5 Å². The van der Waals surface area contributed by atoms with Crippen molar-refractivity contribution in [3.63, 3.8) is 0 Å². The van der Waals surface area contributed by atoms with Gasteiger partial charge in [0.1, 0.15) is 24.2 Å². The first kappa shape index (κ1) is 21.2. The van der Waals surface area contributed by atoms with Gasteiger partial charge in [-0.05, 0) is 19.1 Å². The molecule has 1 heterocycles. The molecule has 2 aromatic carbocycles. The monoisotopic (exact) mass is 427 g/mol. The van der Waals surface area contributed by atoms with Gasteiger partial charge in [-0.1, -0.05) is 12.1 Å². The van der Waals surface area contributed by atoms with Gasteiger partial charge in [0, 0.05) is 12.1 Å². The van der Waals surface area contributed by atoms with Crippen LogP contribution in [0.5, 0.6) is 17.2 Å². The van der Waals surface area contributed by atoms with Crippen molar-refractivity contribution in [1.29, 1.82) is 0 Å². The van der Waals surface area contributed by atoms with Gasteiger partial charge in [-0.2, -0.15) is 5.10 Å². The molecule has 3 aromatic rings. The fraction of sp³-hybridized carbons (Fsp3) is 0.158. The Morgan fingerprint density at radius 3 is 2.45 bits per heavy atom. The molecule has 3 rings (SSSR count). The largest absolute Gasteiger partial charge is 0.493 e. The molecule has 31 heavy (non-hydrogen) atoms. The molecule has 0 radical (unpaired) electrons. The van der Waals surface area contributed by atoms with Gasteiger partial charge in [0.15, 0.2) is 11.5 Å². The van der Waals surface area contributed by atoms with Crippen LogP contribution in [0.3, 0.4) is 0 Å². The number of non-ortho nitro benzene ring substituents is 1. The van der Waals surface area contributed by atoms with Crippen LogP contribution in [0, 0.1) is 27.2 Å². The van der Waals surface area contributed by atoms with Crippen LogP contribution in [0.2, 0.25) is 0 Å². The standard InChI is InChI=1S/C19H17N5O7/c1-12-16(24(28)29)10-20-22(12)11-19(25)21-13-7-14(23(26)27)9-15(8-13)31-18-6-4-3-5-17(18)30-2/h3-10H,11H2,1-2H3,(H,21,25). The van der Waals surface area contributed by atoms with Gasteiger partial charge >= 0.3 is 5.69 Å². The van der Waals surface area contributed by atoms with Gasteiger partial charge in [-0.15, -0.1) is 0 Å². The maximum absolute atomic E-state index is 12.4. The van der Waals surface area contributed by atoms with Crippen molar-refractivity contribution in [2.75, 3.05) is 12.4 Å². The molecule has 0 aliphatic rings. The summed E-state index contributed by atoms with van der Waals surface area (Å²) >= 11 is 0. The maximum atomic E-state index is 12.4. The molecular weight excluding hydrogens is 410 g/mol. The minimum atomic E-state index is -0.619. The highest BCUT2D eigenvalue weighted by atomic mass is 16.6. The highest BCUT2D eigenvalue weighted by Gasteiger charge is 2.19. The Morgan fingerprint density at radius 2 is 1.84 bits per heavy atom. The minimum Gasteiger partial charge on any atom is -0.493 e. The summed E-state index contributed by atoms with van der Waals surface area (Å²) in [6.07, 6.45) is 1.05. The van der Waals surface area contributed by atoms with Crippen molar-refractivity contribution in [3.05, 3.63) is 74.6 Å². The van der Waals surface area contributed by atoms with Gasteiger partial charge in [0.05, 0.1) is 28.7 Å². The molecule has 0 aliphatic carbocycles. The number of ether oxygens (including phenoxy) is 2.